The predicted molar refractivity (Wildman–Crippen MR) is 162 cm³/mol. The lowest BCUT2D eigenvalue weighted by Gasteiger charge is -2.15. The van der Waals surface area contributed by atoms with Gasteiger partial charge < -0.3 is 0 Å². The summed E-state index contributed by atoms with van der Waals surface area (Å²) in [6.07, 6.45) is 17.7. The average Bonchev–Trinajstić information content (AvgIpc) is 2.87. The number of aryl methyl sites for hydroxylation is 2. The molecule has 0 aliphatic carbocycles. The standard InChI is InChI=1S/C36H46/c1-7-13-31-20-18-30(6)25-34(31)26-33-22-21-32-16-11-12-17-35(32)36(33)23-19-28(4)14-9-10-15-29(5)24-27(3)8-2/h8,11-12,16-25,28H,7,9-10,13-15,26H2,1-6H3. The van der Waals surface area contributed by atoms with Gasteiger partial charge in [-0.25, -0.2) is 0 Å². The predicted octanol–water partition coefficient (Wildman–Crippen LogP) is 10.8. The number of benzene rings is 3. The molecule has 0 aliphatic heterocycles. The van der Waals surface area contributed by atoms with Crippen molar-refractivity contribution in [3.8, 4) is 0 Å². The third-order valence-corrected chi connectivity index (χ3v) is 7.32. The van der Waals surface area contributed by atoms with Crippen molar-refractivity contribution in [3.05, 3.63) is 112 Å². The van der Waals surface area contributed by atoms with Crippen molar-refractivity contribution in [2.24, 2.45) is 5.92 Å². The summed E-state index contributed by atoms with van der Waals surface area (Å²) < 4.78 is 0. The summed E-state index contributed by atoms with van der Waals surface area (Å²) in [4.78, 5) is 0. The number of hydrogen-bond acceptors (Lipinski definition) is 0. The molecule has 3 rings (SSSR count). The van der Waals surface area contributed by atoms with E-state index in [4.69, 9.17) is 0 Å². The highest BCUT2D eigenvalue weighted by Gasteiger charge is 2.10. The van der Waals surface area contributed by atoms with Gasteiger partial charge >= 0.3 is 0 Å². The van der Waals surface area contributed by atoms with Gasteiger partial charge in [0.1, 0.15) is 0 Å². The summed E-state index contributed by atoms with van der Waals surface area (Å²) in [6.45, 7) is 13.4. The van der Waals surface area contributed by atoms with Crippen molar-refractivity contribution in [2.45, 2.75) is 86.5 Å². The summed E-state index contributed by atoms with van der Waals surface area (Å²) in [6, 6.07) is 20.5. The van der Waals surface area contributed by atoms with E-state index in [9.17, 15) is 0 Å². The highest BCUT2D eigenvalue weighted by atomic mass is 14.1. The summed E-state index contributed by atoms with van der Waals surface area (Å²) in [7, 11) is 0. The van der Waals surface area contributed by atoms with Gasteiger partial charge in [-0.2, -0.15) is 0 Å². The first kappa shape index (κ1) is 27.7. The highest BCUT2D eigenvalue weighted by molar-refractivity contribution is 5.92. The molecule has 0 heterocycles. The van der Waals surface area contributed by atoms with E-state index in [0.29, 0.717) is 5.92 Å². The molecule has 3 aromatic carbocycles. The second-order valence-corrected chi connectivity index (χ2v) is 10.7. The Balaban J connectivity index is 1.77. The molecule has 3 aromatic rings. The fourth-order valence-corrected chi connectivity index (χ4v) is 5.10. The van der Waals surface area contributed by atoms with Crippen LogP contribution in [0.2, 0.25) is 0 Å². The first-order chi connectivity index (χ1) is 17.4. The lowest BCUT2D eigenvalue weighted by molar-refractivity contribution is 0.581. The molecule has 0 spiro atoms. The van der Waals surface area contributed by atoms with Crippen LogP contribution in [-0.4, -0.2) is 0 Å². The Kier molecular flexibility index (Phi) is 10.8. The van der Waals surface area contributed by atoms with Gasteiger partial charge in [-0.1, -0.05) is 122 Å². The molecule has 0 saturated heterocycles. The smallest absolute Gasteiger partial charge is 0.00168 e. The quantitative estimate of drug-likeness (QED) is 0.179. The number of fused-ring (bicyclic) bond motifs is 1. The lowest BCUT2D eigenvalue weighted by Crippen LogP contribution is -1.99. The van der Waals surface area contributed by atoms with Gasteiger partial charge in [0.25, 0.3) is 0 Å². The van der Waals surface area contributed by atoms with Gasteiger partial charge in [-0.15, -0.1) is 0 Å². The number of allylic oxidation sites excluding steroid dienone is 5. The molecule has 36 heavy (non-hydrogen) atoms. The van der Waals surface area contributed by atoms with Crippen LogP contribution in [-0.2, 0) is 12.8 Å². The molecule has 0 nitrogen and oxygen atoms in total. The van der Waals surface area contributed by atoms with Gasteiger partial charge in [0.2, 0.25) is 0 Å². The van der Waals surface area contributed by atoms with Crippen LogP contribution in [0.3, 0.4) is 0 Å². The zero-order chi connectivity index (χ0) is 25.9. The molecule has 1 unspecified atom stereocenters. The third kappa shape index (κ3) is 8.09. The maximum absolute atomic E-state index is 2.45. The Bertz CT molecular complexity index is 1220. The second-order valence-electron chi connectivity index (χ2n) is 10.7. The number of rotatable bonds is 12. The maximum atomic E-state index is 2.45. The summed E-state index contributed by atoms with van der Waals surface area (Å²) in [5.41, 5.74) is 10.0. The fourth-order valence-electron chi connectivity index (χ4n) is 5.10. The molecular formula is C36H46. The summed E-state index contributed by atoms with van der Waals surface area (Å²) in [5.74, 6) is 0.577. The minimum Gasteiger partial charge on any atom is -0.0847 e. The molecule has 0 amide bonds. The van der Waals surface area contributed by atoms with Gasteiger partial charge in [0, 0.05) is 0 Å². The fraction of sp³-hybridized carbons (Fsp3) is 0.389. The van der Waals surface area contributed by atoms with Crippen molar-refractivity contribution in [1.82, 2.24) is 0 Å². The zero-order valence-corrected chi connectivity index (χ0v) is 23.5. The van der Waals surface area contributed by atoms with E-state index >= 15 is 0 Å². The van der Waals surface area contributed by atoms with Crippen molar-refractivity contribution in [2.75, 3.05) is 0 Å². The van der Waals surface area contributed by atoms with E-state index in [1.165, 1.54) is 81.8 Å². The first-order valence-corrected chi connectivity index (χ1v) is 14.0. The molecule has 0 saturated carbocycles. The molecule has 0 bridgehead atoms. The number of unbranched alkanes of at least 4 members (excludes halogenated alkanes) is 1. The topological polar surface area (TPSA) is 0 Å². The zero-order valence-electron chi connectivity index (χ0n) is 23.5. The molecule has 0 aromatic heterocycles. The molecule has 0 N–H and O–H groups in total. The average molecular weight is 479 g/mol. The molecular weight excluding hydrogens is 432 g/mol. The molecule has 0 heteroatoms. The lowest BCUT2D eigenvalue weighted by atomic mass is 9.90. The van der Waals surface area contributed by atoms with E-state index in [1.807, 2.05) is 0 Å². The van der Waals surface area contributed by atoms with Crippen LogP contribution in [0.4, 0.5) is 0 Å². The first-order valence-electron chi connectivity index (χ1n) is 14.0. The minimum absolute atomic E-state index is 0.577. The van der Waals surface area contributed by atoms with Crippen molar-refractivity contribution in [1.29, 1.82) is 0 Å². The van der Waals surface area contributed by atoms with E-state index in [-0.39, 0.29) is 0 Å². The van der Waals surface area contributed by atoms with Crippen molar-refractivity contribution < 1.29 is 0 Å². The molecule has 1 atom stereocenters. The van der Waals surface area contributed by atoms with Crippen molar-refractivity contribution >= 4 is 16.8 Å². The van der Waals surface area contributed by atoms with Gasteiger partial charge in [-0.05, 0) is 98.7 Å². The van der Waals surface area contributed by atoms with E-state index < -0.39 is 0 Å². The SMILES string of the molecule is CC=C(C)C=C(C)CCCCC(C)C=Cc1c(Cc2cc(C)ccc2CCC)ccc2ccccc12. The third-order valence-electron chi connectivity index (χ3n) is 7.32. The Morgan fingerprint density at radius 2 is 1.69 bits per heavy atom. The Morgan fingerprint density at radius 1 is 0.917 bits per heavy atom. The van der Waals surface area contributed by atoms with E-state index in [0.717, 1.165) is 12.8 Å². The highest BCUT2D eigenvalue weighted by Crippen LogP contribution is 2.28. The van der Waals surface area contributed by atoms with Crippen LogP contribution in [0.25, 0.3) is 16.8 Å². The largest absolute Gasteiger partial charge is 0.0847 e. The van der Waals surface area contributed by atoms with Crippen LogP contribution in [0.15, 0.2) is 84.0 Å². The van der Waals surface area contributed by atoms with Gasteiger partial charge in [0.15, 0.2) is 0 Å². The van der Waals surface area contributed by atoms with Crippen LogP contribution >= 0.6 is 0 Å². The normalized spacial score (nSPS) is 13.6. The summed E-state index contributed by atoms with van der Waals surface area (Å²) >= 11 is 0. The molecule has 0 aliphatic rings. The molecule has 0 fully saturated rings. The monoisotopic (exact) mass is 478 g/mol. The second kappa shape index (κ2) is 14.0. The Labute approximate surface area is 220 Å². The molecule has 0 radical (unpaired) electrons. The van der Waals surface area contributed by atoms with Crippen molar-refractivity contribution in [3.63, 3.8) is 0 Å². The van der Waals surface area contributed by atoms with E-state index in [1.54, 1.807) is 0 Å². The van der Waals surface area contributed by atoms with Gasteiger partial charge in [0.05, 0.1) is 0 Å². The maximum Gasteiger partial charge on any atom is -0.00168 e. The minimum atomic E-state index is 0.577. The van der Waals surface area contributed by atoms with Crippen LogP contribution in [0.5, 0.6) is 0 Å². The van der Waals surface area contributed by atoms with Crippen LogP contribution < -0.4 is 0 Å². The van der Waals surface area contributed by atoms with Crippen LogP contribution in [0, 0.1) is 12.8 Å². The summed E-state index contributed by atoms with van der Waals surface area (Å²) in [5, 5.41) is 2.69. The van der Waals surface area contributed by atoms with Gasteiger partial charge in [-0.3, -0.25) is 0 Å². The Morgan fingerprint density at radius 3 is 2.47 bits per heavy atom. The number of hydrogen-bond donors (Lipinski definition) is 0. The van der Waals surface area contributed by atoms with E-state index in [2.05, 4.69) is 120 Å². The van der Waals surface area contributed by atoms with Crippen LogP contribution in [0.1, 0.15) is 94.5 Å². The molecule has 190 valence electrons. The Hall–Kier alpha value is -2.86.